The van der Waals surface area contributed by atoms with Gasteiger partial charge in [-0.2, -0.15) is 8.78 Å². The van der Waals surface area contributed by atoms with E-state index in [9.17, 15) is 8.78 Å². The average molecular weight is 509 g/mol. The van der Waals surface area contributed by atoms with E-state index in [2.05, 4.69) is 20.4 Å². The molecule has 0 aliphatic heterocycles. The van der Waals surface area contributed by atoms with E-state index in [1.165, 1.54) is 0 Å². The Kier molecular flexibility index (Phi) is 11.5. The van der Waals surface area contributed by atoms with E-state index in [0.717, 1.165) is 17.7 Å². The molecule has 1 heterocycles. The van der Waals surface area contributed by atoms with E-state index in [0.29, 0.717) is 37.8 Å². The average Bonchev–Trinajstić information content (AvgIpc) is 3.15. The molecule has 28 heavy (non-hydrogen) atoms. The number of furan rings is 1. The Morgan fingerprint density at radius 2 is 2.07 bits per heavy atom. The number of nitrogens with one attached hydrogen (secondary N) is 2. The van der Waals surface area contributed by atoms with E-state index in [4.69, 9.17) is 9.15 Å². The third-order valence-electron chi connectivity index (χ3n) is 3.68. The minimum atomic E-state index is -2.86. The standard InChI is InChI=1S/C19H25F2N3O3.HI/c1-14-6-7-17(27-18(20)21)15(11-14)12-24-19(22-2)23-8-4-9-25-13-16-5-3-10-26-16;/h3,5-7,10-11,18H,4,8-9,12-13H2,1-2H3,(H2,22,23,24);1H. The van der Waals surface area contributed by atoms with Crippen LogP contribution in [0, 0.1) is 6.92 Å². The van der Waals surface area contributed by atoms with Crippen molar-refractivity contribution in [3.63, 3.8) is 0 Å². The molecule has 0 saturated carbocycles. The lowest BCUT2D eigenvalue weighted by Gasteiger charge is -2.15. The molecule has 2 N–H and O–H groups in total. The molecule has 2 aromatic rings. The Bertz CT molecular complexity index is 712. The molecule has 2 rings (SSSR count). The minimum Gasteiger partial charge on any atom is -0.467 e. The van der Waals surface area contributed by atoms with Crippen LogP contribution in [0.25, 0.3) is 0 Å². The Morgan fingerprint density at radius 1 is 1.25 bits per heavy atom. The second kappa shape index (κ2) is 13.3. The van der Waals surface area contributed by atoms with Gasteiger partial charge in [0.25, 0.3) is 0 Å². The molecule has 0 atom stereocenters. The van der Waals surface area contributed by atoms with Crippen molar-refractivity contribution in [2.45, 2.75) is 33.1 Å². The van der Waals surface area contributed by atoms with Gasteiger partial charge in [0, 0.05) is 32.3 Å². The highest BCUT2D eigenvalue weighted by Gasteiger charge is 2.10. The number of benzene rings is 1. The summed E-state index contributed by atoms with van der Waals surface area (Å²) in [5.41, 5.74) is 1.60. The van der Waals surface area contributed by atoms with Gasteiger partial charge in [-0.1, -0.05) is 17.7 Å². The monoisotopic (exact) mass is 509 g/mol. The molecule has 0 fully saturated rings. The molecule has 0 amide bonds. The molecule has 0 unspecified atom stereocenters. The summed E-state index contributed by atoms with van der Waals surface area (Å²) in [6, 6.07) is 8.77. The number of rotatable bonds is 10. The van der Waals surface area contributed by atoms with E-state index in [1.807, 2.05) is 19.1 Å². The van der Waals surface area contributed by atoms with E-state index in [-0.39, 0.29) is 29.7 Å². The lowest BCUT2D eigenvalue weighted by Crippen LogP contribution is -2.37. The maximum atomic E-state index is 12.5. The van der Waals surface area contributed by atoms with Gasteiger partial charge in [0.15, 0.2) is 5.96 Å². The smallest absolute Gasteiger partial charge is 0.387 e. The molecule has 0 saturated heterocycles. The molecule has 9 heteroatoms. The zero-order valence-electron chi connectivity index (χ0n) is 15.9. The third kappa shape index (κ3) is 8.87. The van der Waals surface area contributed by atoms with Crippen LogP contribution in [0.2, 0.25) is 0 Å². The van der Waals surface area contributed by atoms with Crippen LogP contribution in [0.4, 0.5) is 8.78 Å². The maximum Gasteiger partial charge on any atom is 0.387 e. The second-order valence-corrected chi connectivity index (χ2v) is 5.83. The van der Waals surface area contributed by atoms with E-state index in [1.54, 1.807) is 31.5 Å². The van der Waals surface area contributed by atoms with Crippen LogP contribution < -0.4 is 15.4 Å². The number of nitrogens with zero attached hydrogens (tertiary/aromatic N) is 1. The summed E-state index contributed by atoms with van der Waals surface area (Å²) in [5.74, 6) is 1.52. The quantitative estimate of drug-likeness (QED) is 0.219. The number of aryl methyl sites for hydroxylation is 1. The van der Waals surface area contributed by atoms with Crippen LogP contribution in [-0.4, -0.2) is 32.8 Å². The number of guanidine groups is 1. The van der Waals surface area contributed by atoms with Crippen LogP contribution in [0.15, 0.2) is 46.0 Å². The van der Waals surface area contributed by atoms with Gasteiger partial charge >= 0.3 is 6.61 Å². The number of hydrogen-bond donors (Lipinski definition) is 2. The molecule has 6 nitrogen and oxygen atoms in total. The summed E-state index contributed by atoms with van der Waals surface area (Å²) >= 11 is 0. The fourth-order valence-corrected chi connectivity index (χ4v) is 2.41. The Balaban J connectivity index is 0.00000392. The molecular formula is C19H26F2IN3O3. The zero-order chi connectivity index (χ0) is 19.5. The Labute approximate surface area is 180 Å². The predicted molar refractivity (Wildman–Crippen MR) is 114 cm³/mol. The number of ether oxygens (including phenoxy) is 2. The normalized spacial score (nSPS) is 11.2. The molecule has 0 aliphatic rings. The molecule has 0 radical (unpaired) electrons. The van der Waals surface area contributed by atoms with E-state index < -0.39 is 6.61 Å². The van der Waals surface area contributed by atoms with Gasteiger partial charge in [-0.25, -0.2) is 0 Å². The van der Waals surface area contributed by atoms with Crippen molar-refractivity contribution in [1.82, 2.24) is 10.6 Å². The molecule has 0 spiro atoms. The SMILES string of the molecule is CN=C(NCCCOCc1ccco1)NCc1cc(C)ccc1OC(F)F.I. The first-order chi connectivity index (χ1) is 13.1. The largest absolute Gasteiger partial charge is 0.467 e. The fraction of sp³-hybridized carbons (Fsp3) is 0.421. The molecule has 1 aromatic heterocycles. The van der Waals surface area contributed by atoms with Gasteiger partial charge < -0.3 is 24.5 Å². The van der Waals surface area contributed by atoms with Crippen LogP contribution >= 0.6 is 24.0 Å². The highest BCUT2D eigenvalue weighted by molar-refractivity contribution is 14.0. The highest BCUT2D eigenvalue weighted by atomic mass is 127. The topological polar surface area (TPSA) is 68.0 Å². The summed E-state index contributed by atoms with van der Waals surface area (Å²) in [6.07, 6.45) is 2.40. The number of alkyl halides is 2. The first-order valence-corrected chi connectivity index (χ1v) is 8.67. The van der Waals surface area contributed by atoms with E-state index >= 15 is 0 Å². The maximum absolute atomic E-state index is 12.5. The van der Waals surface area contributed by atoms with Gasteiger partial charge in [-0.15, -0.1) is 24.0 Å². The van der Waals surface area contributed by atoms with Crippen molar-refractivity contribution in [1.29, 1.82) is 0 Å². The predicted octanol–water partition coefficient (Wildman–Crippen LogP) is 4.08. The van der Waals surface area contributed by atoms with Crippen LogP contribution in [0.5, 0.6) is 5.75 Å². The molecule has 0 bridgehead atoms. The minimum absolute atomic E-state index is 0. The zero-order valence-corrected chi connectivity index (χ0v) is 18.2. The molecular weight excluding hydrogens is 483 g/mol. The lowest BCUT2D eigenvalue weighted by atomic mass is 10.1. The molecule has 0 aliphatic carbocycles. The first kappa shape index (κ1) is 24.2. The first-order valence-electron chi connectivity index (χ1n) is 8.67. The van der Waals surface area contributed by atoms with Gasteiger partial charge in [-0.05, 0) is 31.5 Å². The van der Waals surface area contributed by atoms with Crippen molar-refractivity contribution < 1.29 is 22.7 Å². The summed E-state index contributed by atoms with van der Waals surface area (Å²) in [5, 5.41) is 6.25. The van der Waals surface area contributed by atoms with Crippen LogP contribution in [0.1, 0.15) is 23.3 Å². The van der Waals surface area contributed by atoms with Crippen molar-refractivity contribution >= 4 is 29.9 Å². The van der Waals surface area contributed by atoms with Crippen molar-refractivity contribution in [3.05, 3.63) is 53.5 Å². The Morgan fingerprint density at radius 3 is 2.75 bits per heavy atom. The summed E-state index contributed by atoms with van der Waals surface area (Å²) in [7, 11) is 1.65. The summed E-state index contributed by atoms with van der Waals surface area (Å²) < 4.78 is 40.3. The summed E-state index contributed by atoms with van der Waals surface area (Å²) in [6.45, 7) is 1.04. The van der Waals surface area contributed by atoms with Crippen molar-refractivity contribution in [2.24, 2.45) is 4.99 Å². The van der Waals surface area contributed by atoms with Crippen molar-refractivity contribution in [2.75, 3.05) is 20.2 Å². The van der Waals surface area contributed by atoms with Gasteiger partial charge in [0.05, 0.1) is 6.26 Å². The van der Waals surface area contributed by atoms with Crippen molar-refractivity contribution in [3.8, 4) is 5.75 Å². The molecule has 156 valence electrons. The van der Waals surface area contributed by atoms with Crippen LogP contribution in [0.3, 0.4) is 0 Å². The third-order valence-corrected chi connectivity index (χ3v) is 3.68. The lowest BCUT2D eigenvalue weighted by molar-refractivity contribution is -0.0504. The van der Waals surface area contributed by atoms with Gasteiger partial charge in [-0.3, -0.25) is 4.99 Å². The number of halogens is 3. The fourth-order valence-electron chi connectivity index (χ4n) is 2.41. The second-order valence-electron chi connectivity index (χ2n) is 5.83. The summed E-state index contributed by atoms with van der Waals surface area (Å²) in [4.78, 5) is 4.12. The van der Waals surface area contributed by atoms with Crippen LogP contribution in [-0.2, 0) is 17.9 Å². The number of hydrogen-bond acceptors (Lipinski definition) is 4. The highest BCUT2D eigenvalue weighted by Crippen LogP contribution is 2.21. The van der Waals surface area contributed by atoms with Gasteiger partial charge in [0.2, 0.25) is 0 Å². The Hall–Kier alpha value is -1.88. The number of aliphatic imine (C=N–C) groups is 1. The van der Waals surface area contributed by atoms with Gasteiger partial charge in [0.1, 0.15) is 18.1 Å². The molecule has 1 aromatic carbocycles.